The molecule has 2 heterocycles. The lowest BCUT2D eigenvalue weighted by atomic mass is 10.2. The molecule has 0 aromatic carbocycles. The van der Waals surface area contributed by atoms with Crippen LogP contribution in [0.1, 0.15) is 37.4 Å². The molecule has 0 fully saturated rings. The summed E-state index contributed by atoms with van der Waals surface area (Å²) in [6.07, 6.45) is 4.35. The first-order valence-electron chi connectivity index (χ1n) is 6.82. The summed E-state index contributed by atoms with van der Waals surface area (Å²) >= 11 is 1.24. The lowest BCUT2D eigenvalue weighted by molar-refractivity contribution is 0.569. The predicted molar refractivity (Wildman–Crippen MR) is 83.6 cm³/mol. The zero-order chi connectivity index (χ0) is 15.3. The smallest absolute Gasteiger partial charge is 0.250 e. The van der Waals surface area contributed by atoms with E-state index in [-0.39, 0.29) is 6.04 Å². The van der Waals surface area contributed by atoms with Gasteiger partial charge in [-0.2, -0.15) is 5.10 Å². The highest BCUT2D eigenvalue weighted by atomic mass is 32.2. The normalized spacial score (nSPS) is 13.4. The van der Waals surface area contributed by atoms with Gasteiger partial charge in [0.05, 0.1) is 6.20 Å². The third kappa shape index (κ3) is 4.37. The number of rotatable bonds is 8. The molecule has 0 aliphatic heterocycles. The first-order chi connectivity index (χ1) is 10.0. The maximum Gasteiger partial charge on any atom is 0.250 e. The number of thiophene rings is 1. The number of hydrogen-bond acceptors (Lipinski definition) is 5. The standard InChI is InChI=1S/C13H20N4O2S2/c1-3-4-14-6-11-5-13(20-9-11)21(18,19)17-10(2)12-7-15-16-8-12/h5,7-10,14,17H,3-4,6H2,1-2H3,(H,15,16). The quantitative estimate of drug-likeness (QED) is 0.647. The molecule has 21 heavy (non-hydrogen) atoms. The minimum absolute atomic E-state index is 0.322. The number of H-pyrrole nitrogens is 1. The van der Waals surface area contributed by atoms with Crippen molar-refractivity contribution in [3.05, 3.63) is 35.0 Å². The Kier molecular flexibility index (Phi) is 5.51. The number of nitrogens with zero attached hydrogens (tertiary/aromatic N) is 1. The van der Waals surface area contributed by atoms with Crippen molar-refractivity contribution in [1.29, 1.82) is 0 Å². The van der Waals surface area contributed by atoms with Crippen LogP contribution in [-0.4, -0.2) is 25.2 Å². The third-order valence-corrected chi connectivity index (χ3v) is 6.03. The lowest BCUT2D eigenvalue weighted by Crippen LogP contribution is -2.26. The van der Waals surface area contributed by atoms with Crippen molar-refractivity contribution in [3.63, 3.8) is 0 Å². The van der Waals surface area contributed by atoms with Gasteiger partial charge in [-0.1, -0.05) is 6.92 Å². The Bertz CT molecular complexity index is 650. The summed E-state index contributed by atoms with van der Waals surface area (Å²) in [7, 11) is -3.50. The molecule has 0 aliphatic rings. The average Bonchev–Trinajstić information content (AvgIpc) is 3.10. The zero-order valence-electron chi connectivity index (χ0n) is 12.1. The van der Waals surface area contributed by atoms with Crippen molar-refractivity contribution in [2.75, 3.05) is 6.54 Å². The molecule has 0 saturated carbocycles. The van der Waals surface area contributed by atoms with Gasteiger partial charge in [-0.15, -0.1) is 11.3 Å². The van der Waals surface area contributed by atoms with Crippen LogP contribution in [0.5, 0.6) is 0 Å². The highest BCUT2D eigenvalue weighted by Crippen LogP contribution is 2.22. The van der Waals surface area contributed by atoms with Crippen molar-refractivity contribution < 1.29 is 8.42 Å². The Morgan fingerprint density at radius 1 is 1.48 bits per heavy atom. The molecule has 0 bridgehead atoms. The van der Waals surface area contributed by atoms with E-state index in [0.717, 1.165) is 24.1 Å². The number of hydrogen-bond donors (Lipinski definition) is 3. The molecule has 0 aliphatic carbocycles. The summed E-state index contributed by atoms with van der Waals surface area (Å²) < 4.78 is 27.7. The Morgan fingerprint density at radius 2 is 2.29 bits per heavy atom. The molecule has 0 amide bonds. The maximum absolute atomic E-state index is 12.3. The lowest BCUT2D eigenvalue weighted by Gasteiger charge is -2.11. The predicted octanol–water partition coefficient (Wildman–Crippen LogP) is 2.01. The molecule has 8 heteroatoms. The molecule has 0 saturated heterocycles. The SMILES string of the molecule is CCCNCc1csc(S(=O)(=O)NC(C)c2cn[nH]c2)c1. The van der Waals surface area contributed by atoms with Crippen LogP contribution in [0.25, 0.3) is 0 Å². The Labute approximate surface area is 129 Å². The second-order valence-corrected chi connectivity index (χ2v) is 7.68. The van der Waals surface area contributed by atoms with E-state index >= 15 is 0 Å². The molecule has 2 aromatic heterocycles. The van der Waals surface area contributed by atoms with Gasteiger partial charge in [0.25, 0.3) is 10.0 Å². The van der Waals surface area contributed by atoms with Gasteiger partial charge in [0.1, 0.15) is 4.21 Å². The van der Waals surface area contributed by atoms with Crippen LogP contribution in [0.3, 0.4) is 0 Å². The van der Waals surface area contributed by atoms with Gasteiger partial charge >= 0.3 is 0 Å². The van der Waals surface area contributed by atoms with E-state index < -0.39 is 10.0 Å². The Balaban J connectivity index is 2.02. The van der Waals surface area contributed by atoms with Crippen LogP contribution in [0.4, 0.5) is 0 Å². The summed E-state index contributed by atoms with van der Waals surface area (Å²) in [6, 6.07) is 1.40. The van der Waals surface area contributed by atoms with Gasteiger partial charge in [0, 0.05) is 24.3 Å². The molecular weight excluding hydrogens is 308 g/mol. The van der Waals surface area contributed by atoms with Crippen molar-refractivity contribution in [2.24, 2.45) is 0 Å². The van der Waals surface area contributed by atoms with Crippen LogP contribution >= 0.6 is 11.3 Å². The fourth-order valence-corrected chi connectivity index (χ4v) is 4.31. The molecular formula is C13H20N4O2S2. The van der Waals surface area contributed by atoms with Crippen LogP contribution < -0.4 is 10.0 Å². The summed E-state index contributed by atoms with van der Waals surface area (Å²) in [5.41, 5.74) is 1.80. The van der Waals surface area contributed by atoms with E-state index in [2.05, 4.69) is 27.2 Å². The van der Waals surface area contributed by atoms with E-state index in [0.29, 0.717) is 10.8 Å². The number of aromatic nitrogens is 2. The summed E-state index contributed by atoms with van der Waals surface area (Å²) in [5.74, 6) is 0. The van der Waals surface area contributed by atoms with Crippen molar-refractivity contribution in [2.45, 2.75) is 37.1 Å². The molecule has 1 unspecified atom stereocenters. The van der Waals surface area contributed by atoms with E-state index in [1.54, 1.807) is 25.4 Å². The molecule has 0 radical (unpaired) electrons. The fourth-order valence-electron chi connectivity index (χ4n) is 1.85. The summed E-state index contributed by atoms with van der Waals surface area (Å²) in [4.78, 5) is 0. The zero-order valence-corrected chi connectivity index (χ0v) is 13.7. The molecule has 0 spiro atoms. The molecule has 2 rings (SSSR count). The van der Waals surface area contributed by atoms with Gasteiger partial charge in [-0.05, 0) is 36.9 Å². The molecule has 116 valence electrons. The van der Waals surface area contributed by atoms with Crippen molar-refractivity contribution in [3.8, 4) is 0 Å². The fraction of sp³-hybridized carbons (Fsp3) is 0.462. The van der Waals surface area contributed by atoms with Crippen molar-refractivity contribution >= 4 is 21.4 Å². The van der Waals surface area contributed by atoms with Gasteiger partial charge in [0.2, 0.25) is 0 Å². The van der Waals surface area contributed by atoms with Gasteiger partial charge in [0.15, 0.2) is 0 Å². The van der Waals surface area contributed by atoms with E-state index in [1.807, 2.05) is 5.38 Å². The molecule has 3 N–H and O–H groups in total. The number of aromatic amines is 1. The Morgan fingerprint density at radius 3 is 2.95 bits per heavy atom. The number of sulfonamides is 1. The van der Waals surface area contributed by atoms with E-state index in [9.17, 15) is 8.42 Å². The number of nitrogens with one attached hydrogen (secondary N) is 3. The molecule has 6 nitrogen and oxygen atoms in total. The topological polar surface area (TPSA) is 86.9 Å². The van der Waals surface area contributed by atoms with E-state index in [4.69, 9.17) is 0 Å². The molecule has 2 aromatic rings. The van der Waals surface area contributed by atoms with Crippen LogP contribution in [0.2, 0.25) is 0 Å². The third-order valence-electron chi connectivity index (χ3n) is 3.00. The second-order valence-electron chi connectivity index (χ2n) is 4.83. The van der Waals surface area contributed by atoms with Crippen LogP contribution in [-0.2, 0) is 16.6 Å². The van der Waals surface area contributed by atoms with E-state index in [1.165, 1.54) is 11.3 Å². The van der Waals surface area contributed by atoms with Gasteiger partial charge in [-0.25, -0.2) is 13.1 Å². The van der Waals surface area contributed by atoms with Crippen LogP contribution in [0.15, 0.2) is 28.0 Å². The summed E-state index contributed by atoms with van der Waals surface area (Å²) in [5, 5.41) is 11.6. The largest absolute Gasteiger partial charge is 0.313 e. The minimum Gasteiger partial charge on any atom is -0.313 e. The first-order valence-corrected chi connectivity index (χ1v) is 9.18. The maximum atomic E-state index is 12.3. The Hall–Kier alpha value is -1.22. The van der Waals surface area contributed by atoms with Crippen molar-refractivity contribution in [1.82, 2.24) is 20.2 Å². The monoisotopic (exact) mass is 328 g/mol. The minimum atomic E-state index is -3.50. The van der Waals surface area contributed by atoms with Gasteiger partial charge < -0.3 is 5.32 Å². The summed E-state index contributed by atoms with van der Waals surface area (Å²) in [6.45, 7) is 5.50. The average molecular weight is 328 g/mol. The highest BCUT2D eigenvalue weighted by Gasteiger charge is 2.20. The first kappa shape index (κ1) is 16.2. The second kappa shape index (κ2) is 7.17. The van der Waals surface area contributed by atoms with Gasteiger partial charge in [-0.3, -0.25) is 5.10 Å². The highest BCUT2D eigenvalue weighted by molar-refractivity contribution is 7.91. The molecule has 1 atom stereocenters. The van der Waals surface area contributed by atoms with Crippen LogP contribution in [0, 0.1) is 0 Å².